The summed E-state index contributed by atoms with van der Waals surface area (Å²) in [5.74, 6) is -0.0395. The summed E-state index contributed by atoms with van der Waals surface area (Å²) >= 11 is 9.34. The number of imidazole rings is 1. The van der Waals surface area contributed by atoms with Crippen LogP contribution in [0.1, 0.15) is 0 Å². The van der Waals surface area contributed by atoms with Crippen LogP contribution in [0.15, 0.2) is 40.9 Å². The zero-order valence-electron chi connectivity index (χ0n) is 9.57. The molecule has 2 aromatic carbocycles. The molecule has 0 atom stereocenters. The normalized spacial score (nSPS) is 11.1. The van der Waals surface area contributed by atoms with E-state index in [1.165, 1.54) is 12.1 Å². The lowest BCUT2D eigenvalue weighted by Crippen LogP contribution is -2.01. The van der Waals surface area contributed by atoms with Crippen LogP contribution < -0.4 is 5.73 Å². The van der Waals surface area contributed by atoms with Crippen molar-refractivity contribution in [1.29, 1.82) is 0 Å². The number of nitrogens with zero attached hydrogens (tertiary/aromatic N) is 2. The lowest BCUT2D eigenvalue weighted by atomic mass is 10.2. The molecule has 0 aliphatic rings. The SMILES string of the molecule is Nc1nc2ccc(F)cc2n1-c1ccc(Cl)cc1Br. The molecule has 0 aliphatic heterocycles. The van der Waals surface area contributed by atoms with Gasteiger partial charge in [0.15, 0.2) is 0 Å². The third-order valence-corrected chi connectivity index (χ3v) is 3.66. The van der Waals surface area contributed by atoms with Crippen molar-refractivity contribution >= 4 is 44.5 Å². The van der Waals surface area contributed by atoms with Crippen LogP contribution in [0.25, 0.3) is 16.7 Å². The summed E-state index contributed by atoms with van der Waals surface area (Å²) in [5.41, 5.74) is 7.93. The van der Waals surface area contributed by atoms with Gasteiger partial charge in [0.25, 0.3) is 0 Å². The zero-order valence-corrected chi connectivity index (χ0v) is 11.9. The fourth-order valence-corrected chi connectivity index (χ4v) is 2.84. The molecule has 6 heteroatoms. The average molecular weight is 341 g/mol. The van der Waals surface area contributed by atoms with Gasteiger partial charge in [0.2, 0.25) is 5.95 Å². The third kappa shape index (κ3) is 2.09. The van der Waals surface area contributed by atoms with Gasteiger partial charge in [-0.05, 0) is 46.3 Å². The quantitative estimate of drug-likeness (QED) is 0.723. The van der Waals surface area contributed by atoms with Crippen molar-refractivity contribution in [2.75, 3.05) is 5.73 Å². The van der Waals surface area contributed by atoms with Crippen LogP contribution in [0.2, 0.25) is 5.02 Å². The number of nitrogens with two attached hydrogens (primary N) is 1. The minimum Gasteiger partial charge on any atom is -0.369 e. The molecule has 0 aliphatic carbocycles. The van der Waals surface area contributed by atoms with E-state index in [-0.39, 0.29) is 5.82 Å². The smallest absolute Gasteiger partial charge is 0.205 e. The first kappa shape index (κ1) is 12.4. The predicted octanol–water partition coefficient (Wildman–Crippen LogP) is 4.16. The second-order valence-electron chi connectivity index (χ2n) is 4.03. The minimum atomic E-state index is -0.335. The standard InChI is InChI=1S/C13H8BrClFN3/c14-9-5-7(15)1-4-11(9)19-12-6-8(16)2-3-10(12)18-13(19)17/h1-6H,(H2,17,18). The highest BCUT2D eigenvalue weighted by atomic mass is 79.9. The van der Waals surface area contributed by atoms with E-state index in [4.69, 9.17) is 17.3 Å². The number of hydrogen-bond donors (Lipinski definition) is 1. The highest BCUT2D eigenvalue weighted by molar-refractivity contribution is 9.10. The highest BCUT2D eigenvalue weighted by Crippen LogP contribution is 2.30. The van der Waals surface area contributed by atoms with E-state index in [0.717, 1.165) is 10.2 Å². The van der Waals surface area contributed by atoms with Crippen LogP contribution in [0.5, 0.6) is 0 Å². The van der Waals surface area contributed by atoms with Gasteiger partial charge in [0, 0.05) is 15.6 Å². The Kier molecular flexibility index (Phi) is 2.95. The molecule has 1 aromatic heterocycles. The van der Waals surface area contributed by atoms with E-state index < -0.39 is 0 Å². The first-order valence-corrected chi connectivity index (χ1v) is 6.62. The van der Waals surface area contributed by atoms with Gasteiger partial charge in [0.1, 0.15) is 5.82 Å². The van der Waals surface area contributed by atoms with Gasteiger partial charge in [-0.1, -0.05) is 11.6 Å². The van der Waals surface area contributed by atoms with Crippen LogP contribution in [-0.2, 0) is 0 Å². The Morgan fingerprint density at radius 2 is 2.00 bits per heavy atom. The molecule has 0 saturated heterocycles. The second kappa shape index (κ2) is 4.51. The molecule has 0 saturated carbocycles. The van der Waals surface area contributed by atoms with Gasteiger partial charge in [-0.15, -0.1) is 0 Å². The number of anilines is 1. The van der Waals surface area contributed by atoms with Crippen molar-refractivity contribution in [2.24, 2.45) is 0 Å². The molecule has 2 N–H and O–H groups in total. The number of fused-ring (bicyclic) bond motifs is 1. The highest BCUT2D eigenvalue weighted by Gasteiger charge is 2.13. The molecule has 3 nitrogen and oxygen atoms in total. The summed E-state index contributed by atoms with van der Waals surface area (Å²) < 4.78 is 15.8. The molecule has 1 heterocycles. The maximum absolute atomic E-state index is 13.4. The lowest BCUT2D eigenvalue weighted by molar-refractivity contribution is 0.629. The molecular formula is C13H8BrClFN3. The van der Waals surface area contributed by atoms with Gasteiger partial charge in [-0.25, -0.2) is 9.37 Å². The van der Waals surface area contributed by atoms with E-state index in [2.05, 4.69) is 20.9 Å². The Balaban J connectivity index is 2.35. The molecule has 0 spiro atoms. The number of nitrogen functional groups attached to an aromatic ring is 1. The van der Waals surface area contributed by atoms with E-state index in [9.17, 15) is 4.39 Å². The van der Waals surface area contributed by atoms with Crippen LogP contribution in [0.4, 0.5) is 10.3 Å². The molecule has 3 aromatic rings. The van der Waals surface area contributed by atoms with E-state index in [1.807, 2.05) is 0 Å². The third-order valence-electron chi connectivity index (χ3n) is 2.79. The van der Waals surface area contributed by atoms with Crippen molar-refractivity contribution in [3.8, 4) is 5.69 Å². The zero-order chi connectivity index (χ0) is 13.6. The second-order valence-corrected chi connectivity index (χ2v) is 5.32. The number of aromatic nitrogens is 2. The molecule has 3 rings (SSSR count). The maximum atomic E-state index is 13.4. The number of halogens is 3. The Hall–Kier alpha value is -1.59. The summed E-state index contributed by atoms with van der Waals surface area (Å²) in [5, 5.41) is 0.602. The van der Waals surface area contributed by atoms with Gasteiger partial charge < -0.3 is 5.73 Å². The lowest BCUT2D eigenvalue weighted by Gasteiger charge is -2.09. The monoisotopic (exact) mass is 339 g/mol. The van der Waals surface area contributed by atoms with Crippen LogP contribution in [0.3, 0.4) is 0 Å². The molecular weight excluding hydrogens is 333 g/mol. The van der Waals surface area contributed by atoms with Crippen molar-refractivity contribution < 1.29 is 4.39 Å². The molecule has 0 fully saturated rings. The van der Waals surface area contributed by atoms with Gasteiger partial charge >= 0.3 is 0 Å². The molecule has 96 valence electrons. The summed E-state index contributed by atoms with van der Waals surface area (Å²) in [7, 11) is 0. The van der Waals surface area contributed by atoms with Gasteiger partial charge in [-0.3, -0.25) is 4.57 Å². The summed E-state index contributed by atoms with van der Waals surface area (Å²) in [4.78, 5) is 4.21. The molecule has 19 heavy (non-hydrogen) atoms. The maximum Gasteiger partial charge on any atom is 0.205 e. The van der Waals surface area contributed by atoms with Crippen LogP contribution in [-0.4, -0.2) is 9.55 Å². The van der Waals surface area contributed by atoms with Gasteiger partial charge in [-0.2, -0.15) is 0 Å². The molecule has 0 radical (unpaired) electrons. The van der Waals surface area contributed by atoms with Crippen LogP contribution in [0, 0.1) is 5.82 Å². The first-order valence-electron chi connectivity index (χ1n) is 5.45. The van der Waals surface area contributed by atoms with Crippen molar-refractivity contribution in [1.82, 2.24) is 9.55 Å². The van der Waals surface area contributed by atoms with E-state index in [0.29, 0.717) is 22.0 Å². The van der Waals surface area contributed by atoms with Crippen molar-refractivity contribution in [3.05, 3.63) is 51.7 Å². The largest absolute Gasteiger partial charge is 0.369 e. The molecule has 0 amide bonds. The first-order chi connectivity index (χ1) is 9.06. The van der Waals surface area contributed by atoms with Gasteiger partial charge in [0.05, 0.1) is 16.7 Å². The predicted molar refractivity (Wildman–Crippen MR) is 78.2 cm³/mol. The summed E-state index contributed by atoms with van der Waals surface area (Å²) in [6, 6.07) is 9.65. The topological polar surface area (TPSA) is 43.8 Å². The van der Waals surface area contributed by atoms with E-state index in [1.54, 1.807) is 28.8 Å². The fourth-order valence-electron chi connectivity index (χ4n) is 1.98. The molecule has 0 bridgehead atoms. The Labute approximate surface area is 121 Å². The Morgan fingerprint density at radius 1 is 1.21 bits per heavy atom. The molecule has 0 unspecified atom stereocenters. The summed E-state index contributed by atoms with van der Waals surface area (Å²) in [6.07, 6.45) is 0. The van der Waals surface area contributed by atoms with Crippen molar-refractivity contribution in [2.45, 2.75) is 0 Å². The number of hydrogen-bond acceptors (Lipinski definition) is 2. The average Bonchev–Trinajstić information content (AvgIpc) is 2.65. The van der Waals surface area contributed by atoms with E-state index >= 15 is 0 Å². The Bertz CT molecular complexity index is 785. The minimum absolute atomic E-state index is 0.295. The number of benzene rings is 2. The van der Waals surface area contributed by atoms with Crippen molar-refractivity contribution in [3.63, 3.8) is 0 Å². The fraction of sp³-hybridized carbons (Fsp3) is 0. The number of rotatable bonds is 1. The van der Waals surface area contributed by atoms with Crippen LogP contribution >= 0.6 is 27.5 Å². The Morgan fingerprint density at radius 3 is 2.74 bits per heavy atom. The summed E-state index contributed by atoms with van der Waals surface area (Å²) in [6.45, 7) is 0.